The maximum absolute atomic E-state index is 10.0. The molecule has 1 aliphatic carbocycles. The van der Waals surface area contributed by atoms with Gasteiger partial charge in [0.1, 0.15) is 0 Å². The van der Waals surface area contributed by atoms with E-state index in [1.54, 1.807) is 11.3 Å². The van der Waals surface area contributed by atoms with Crippen molar-refractivity contribution in [1.82, 2.24) is 9.88 Å². The van der Waals surface area contributed by atoms with Crippen molar-refractivity contribution in [3.63, 3.8) is 0 Å². The topological polar surface area (TPSA) is 82.6 Å². The SMILES string of the molecule is CC1(C)CCC(C)(C)c2cc(-c3csc(C4CCN(CC[C@@H](O)[C@@H](N)CO)CC4)n3)ccc21. The summed E-state index contributed by atoms with van der Waals surface area (Å²) in [6, 6.07) is 6.48. The number of thiazole rings is 1. The van der Waals surface area contributed by atoms with Crippen molar-refractivity contribution in [1.29, 1.82) is 0 Å². The van der Waals surface area contributed by atoms with Gasteiger partial charge >= 0.3 is 0 Å². The van der Waals surface area contributed by atoms with Gasteiger partial charge in [-0.3, -0.25) is 0 Å². The Morgan fingerprint density at radius 3 is 2.45 bits per heavy atom. The molecule has 2 aromatic rings. The molecule has 1 saturated heterocycles. The van der Waals surface area contributed by atoms with Gasteiger partial charge in [0.05, 0.1) is 29.5 Å². The van der Waals surface area contributed by atoms with E-state index in [9.17, 15) is 5.11 Å². The summed E-state index contributed by atoms with van der Waals surface area (Å²) in [4.78, 5) is 7.48. The Morgan fingerprint density at radius 1 is 1.12 bits per heavy atom. The van der Waals surface area contributed by atoms with E-state index in [-0.39, 0.29) is 17.4 Å². The minimum absolute atomic E-state index is 0.172. The van der Waals surface area contributed by atoms with Crippen molar-refractivity contribution in [2.24, 2.45) is 5.73 Å². The number of nitrogens with zero attached hydrogens (tertiary/aromatic N) is 2. The smallest absolute Gasteiger partial charge is 0.0964 e. The molecule has 0 amide bonds. The lowest BCUT2D eigenvalue weighted by atomic mass is 9.63. The Bertz CT molecular complexity index is 947. The maximum atomic E-state index is 10.0. The molecule has 33 heavy (non-hydrogen) atoms. The average Bonchev–Trinajstić information content (AvgIpc) is 3.30. The van der Waals surface area contributed by atoms with Crippen LogP contribution in [-0.4, -0.2) is 58.5 Å². The van der Waals surface area contributed by atoms with Gasteiger partial charge in [-0.2, -0.15) is 0 Å². The van der Waals surface area contributed by atoms with E-state index in [1.165, 1.54) is 34.5 Å². The van der Waals surface area contributed by atoms with E-state index in [4.69, 9.17) is 15.8 Å². The molecule has 0 unspecified atom stereocenters. The van der Waals surface area contributed by atoms with Gasteiger partial charge in [0.15, 0.2) is 0 Å². The number of likely N-dealkylation sites (tertiary alicyclic amines) is 1. The van der Waals surface area contributed by atoms with Gasteiger partial charge in [-0.25, -0.2) is 4.98 Å². The fourth-order valence-corrected chi connectivity index (χ4v) is 6.41. The molecule has 1 aromatic carbocycles. The number of aliphatic hydroxyl groups excluding tert-OH is 2. The number of hydrogen-bond donors (Lipinski definition) is 3. The van der Waals surface area contributed by atoms with Gasteiger partial charge in [0, 0.05) is 23.4 Å². The lowest BCUT2D eigenvalue weighted by molar-refractivity contribution is 0.0848. The highest BCUT2D eigenvalue weighted by atomic mass is 32.1. The summed E-state index contributed by atoms with van der Waals surface area (Å²) in [7, 11) is 0. The van der Waals surface area contributed by atoms with Gasteiger partial charge in [-0.05, 0) is 73.2 Å². The summed E-state index contributed by atoms with van der Waals surface area (Å²) in [5, 5.41) is 22.6. The van der Waals surface area contributed by atoms with E-state index in [1.807, 2.05) is 0 Å². The van der Waals surface area contributed by atoms with Crippen LogP contribution in [0.1, 0.15) is 81.9 Å². The number of aliphatic hydroxyl groups is 2. The number of nitrogens with two attached hydrogens (primary N) is 1. The number of hydrogen-bond acceptors (Lipinski definition) is 6. The second-order valence-corrected chi connectivity index (χ2v) is 12.3. The first-order valence-electron chi connectivity index (χ1n) is 12.5. The van der Waals surface area contributed by atoms with Crippen molar-refractivity contribution >= 4 is 11.3 Å². The molecule has 0 spiro atoms. The molecule has 182 valence electrons. The second kappa shape index (κ2) is 9.74. The van der Waals surface area contributed by atoms with Crippen LogP contribution in [-0.2, 0) is 10.8 Å². The van der Waals surface area contributed by atoms with Crippen LogP contribution in [0.3, 0.4) is 0 Å². The standard InChI is InChI=1S/C27H41N3O2S/c1-26(2)10-11-27(3,4)21-15-19(5-6-20(21)26)23-17-33-25(29-23)18-7-12-30(13-8-18)14-9-24(32)22(28)16-31/h5-6,15,17-18,22,24,31-32H,7-14,16,28H2,1-4H3/t22-,24+/m0/s1. The summed E-state index contributed by atoms with van der Waals surface area (Å²) in [6.07, 6.45) is 4.63. The molecule has 4 rings (SSSR count). The summed E-state index contributed by atoms with van der Waals surface area (Å²) in [5.41, 5.74) is 11.5. The molecule has 1 aliphatic heterocycles. The molecule has 1 fully saturated rings. The van der Waals surface area contributed by atoms with E-state index in [0.717, 1.165) is 38.2 Å². The number of fused-ring (bicyclic) bond motifs is 1. The second-order valence-electron chi connectivity index (χ2n) is 11.4. The molecule has 0 bridgehead atoms. The van der Waals surface area contributed by atoms with Crippen LogP contribution < -0.4 is 5.73 Å². The first kappa shape index (κ1) is 24.8. The van der Waals surface area contributed by atoms with Crippen molar-refractivity contribution in [2.75, 3.05) is 26.2 Å². The highest BCUT2D eigenvalue weighted by Crippen LogP contribution is 2.47. The predicted molar refractivity (Wildman–Crippen MR) is 137 cm³/mol. The van der Waals surface area contributed by atoms with Crippen LogP contribution in [0.25, 0.3) is 11.3 Å². The molecular formula is C27H41N3O2S. The van der Waals surface area contributed by atoms with Crippen molar-refractivity contribution in [2.45, 2.75) is 88.7 Å². The molecule has 2 heterocycles. The van der Waals surface area contributed by atoms with Crippen molar-refractivity contribution in [3.8, 4) is 11.3 Å². The lowest BCUT2D eigenvalue weighted by Gasteiger charge is -2.42. The molecule has 1 aromatic heterocycles. The molecule has 6 heteroatoms. The molecular weight excluding hydrogens is 430 g/mol. The summed E-state index contributed by atoms with van der Waals surface area (Å²) >= 11 is 1.80. The van der Waals surface area contributed by atoms with E-state index >= 15 is 0 Å². The fraction of sp³-hybridized carbons (Fsp3) is 0.667. The van der Waals surface area contributed by atoms with Crippen LogP contribution >= 0.6 is 11.3 Å². The number of aromatic nitrogens is 1. The Labute approximate surface area is 203 Å². The largest absolute Gasteiger partial charge is 0.395 e. The molecule has 0 radical (unpaired) electrons. The third-order valence-corrected chi connectivity index (χ3v) is 9.06. The van der Waals surface area contributed by atoms with Gasteiger partial charge in [0.2, 0.25) is 0 Å². The Hall–Kier alpha value is -1.31. The molecule has 0 saturated carbocycles. The molecule has 2 atom stereocenters. The van der Waals surface area contributed by atoms with Crippen LogP contribution in [0.2, 0.25) is 0 Å². The average molecular weight is 472 g/mol. The van der Waals surface area contributed by atoms with Gasteiger partial charge in [-0.15, -0.1) is 11.3 Å². The van der Waals surface area contributed by atoms with Crippen LogP contribution in [0.4, 0.5) is 0 Å². The number of piperidine rings is 1. The summed E-state index contributed by atoms with van der Waals surface area (Å²) in [5.74, 6) is 0.512. The van der Waals surface area contributed by atoms with E-state index in [2.05, 4.69) is 56.2 Å². The van der Waals surface area contributed by atoms with Gasteiger partial charge in [0.25, 0.3) is 0 Å². The minimum Gasteiger partial charge on any atom is -0.395 e. The number of rotatable bonds is 7. The highest BCUT2D eigenvalue weighted by molar-refractivity contribution is 7.10. The van der Waals surface area contributed by atoms with Crippen LogP contribution in [0, 0.1) is 0 Å². The molecule has 2 aliphatic rings. The zero-order valence-electron chi connectivity index (χ0n) is 20.7. The number of benzene rings is 1. The monoisotopic (exact) mass is 471 g/mol. The van der Waals surface area contributed by atoms with E-state index in [0.29, 0.717) is 12.3 Å². The van der Waals surface area contributed by atoms with Crippen LogP contribution in [0.15, 0.2) is 23.6 Å². The summed E-state index contributed by atoms with van der Waals surface area (Å²) in [6.45, 7) is 12.2. The zero-order valence-corrected chi connectivity index (χ0v) is 21.5. The minimum atomic E-state index is -0.638. The highest BCUT2D eigenvalue weighted by Gasteiger charge is 2.37. The first-order chi connectivity index (χ1) is 15.6. The van der Waals surface area contributed by atoms with Gasteiger partial charge in [-0.1, -0.05) is 39.8 Å². The Balaban J connectivity index is 1.40. The molecule has 4 N–H and O–H groups in total. The van der Waals surface area contributed by atoms with E-state index < -0.39 is 12.1 Å². The quantitative estimate of drug-likeness (QED) is 0.557. The fourth-order valence-electron chi connectivity index (χ4n) is 5.41. The van der Waals surface area contributed by atoms with Crippen molar-refractivity contribution < 1.29 is 10.2 Å². The lowest BCUT2D eigenvalue weighted by Crippen LogP contribution is -2.41. The predicted octanol–water partition coefficient (Wildman–Crippen LogP) is 4.41. The van der Waals surface area contributed by atoms with Gasteiger partial charge < -0.3 is 20.8 Å². The third-order valence-electron chi connectivity index (χ3n) is 8.05. The van der Waals surface area contributed by atoms with Crippen LogP contribution in [0.5, 0.6) is 0 Å². The Morgan fingerprint density at radius 2 is 1.79 bits per heavy atom. The maximum Gasteiger partial charge on any atom is 0.0964 e. The first-order valence-corrected chi connectivity index (χ1v) is 13.4. The summed E-state index contributed by atoms with van der Waals surface area (Å²) < 4.78 is 0. The third kappa shape index (κ3) is 5.35. The van der Waals surface area contributed by atoms with Crippen molar-refractivity contribution in [3.05, 3.63) is 39.7 Å². The molecule has 5 nitrogen and oxygen atoms in total. The Kier molecular flexibility index (Phi) is 7.32. The zero-order chi connectivity index (χ0) is 23.8. The normalized spacial score (nSPS) is 22.6.